The van der Waals surface area contributed by atoms with Crippen LogP contribution in [0.25, 0.3) is 66.5 Å². The van der Waals surface area contributed by atoms with Crippen LogP contribution in [-0.4, -0.2) is 10.7 Å². The minimum absolute atomic E-state index is 0.454. The first kappa shape index (κ1) is 34.6. The van der Waals surface area contributed by atoms with Gasteiger partial charge in [0.2, 0.25) is 0 Å². The molecule has 0 saturated carbocycles. The Morgan fingerprint density at radius 1 is 0.475 bits per heavy atom. The molecule has 0 aliphatic heterocycles. The van der Waals surface area contributed by atoms with Crippen molar-refractivity contribution in [2.24, 2.45) is 4.99 Å². The van der Waals surface area contributed by atoms with Gasteiger partial charge in [-0.3, -0.25) is 0 Å². The fraction of sp³-hybridized carbons (Fsp3) is 0.0175. The van der Waals surface area contributed by atoms with Crippen LogP contribution in [0, 0.1) is 0 Å². The summed E-state index contributed by atoms with van der Waals surface area (Å²) >= 11 is 0. The zero-order chi connectivity index (χ0) is 39.5. The number of para-hydroxylation sites is 1. The Hall–Kier alpha value is -7.68. The highest BCUT2D eigenvalue weighted by atomic mass is 14.8. The van der Waals surface area contributed by atoms with Gasteiger partial charge in [-0.25, -0.2) is 9.98 Å². The highest BCUT2D eigenvalue weighted by molar-refractivity contribution is 6.15. The summed E-state index contributed by atoms with van der Waals surface area (Å²) in [5.74, 6) is 0. The van der Waals surface area contributed by atoms with E-state index in [0.29, 0.717) is 0 Å². The lowest BCUT2D eigenvalue weighted by molar-refractivity contribution is 0.795. The van der Waals surface area contributed by atoms with Crippen molar-refractivity contribution in [1.29, 1.82) is 0 Å². The van der Waals surface area contributed by atoms with E-state index in [-0.39, 0.29) is 0 Å². The van der Waals surface area contributed by atoms with E-state index in [1.807, 2.05) is 42.5 Å². The maximum Gasteiger partial charge on any atom is 0.0788 e. The van der Waals surface area contributed by atoms with Crippen molar-refractivity contribution in [3.05, 3.63) is 258 Å². The molecular formula is C57H38N2. The molecule has 1 aromatic heterocycles. The minimum atomic E-state index is -0.454. The lowest BCUT2D eigenvalue weighted by Crippen LogP contribution is -2.25. The SMILES string of the molecule is C=C/C(=N\C(=C/C(=C)c1ccccc1)c1ccccc1)c1cccc(-c2nc3ccccc3c3cc4c(cc23)C2(c3ccccc3-c3ccccc32)c2ccccc2-4)c1. The molecule has 0 fully saturated rings. The van der Waals surface area contributed by atoms with E-state index < -0.39 is 5.41 Å². The van der Waals surface area contributed by atoms with E-state index >= 15 is 0 Å². The summed E-state index contributed by atoms with van der Waals surface area (Å²) in [4.78, 5) is 10.8. The molecule has 0 atom stereocenters. The molecule has 2 nitrogen and oxygen atoms in total. The molecule has 0 N–H and O–H groups in total. The van der Waals surface area contributed by atoms with Gasteiger partial charge in [-0.05, 0) is 97.4 Å². The summed E-state index contributed by atoms with van der Waals surface area (Å²) in [6.45, 7) is 8.67. The van der Waals surface area contributed by atoms with Crippen LogP contribution in [0.15, 0.2) is 224 Å². The molecule has 8 aromatic carbocycles. The Morgan fingerprint density at radius 3 is 1.69 bits per heavy atom. The van der Waals surface area contributed by atoms with Gasteiger partial charge in [-0.2, -0.15) is 0 Å². The number of aromatic nitrogens is 1. The van der Waals surface area contributed by atoms with Gasteiger partial charge < -0.3 is 0 Å². The Labute approximate surface area is 344 Å². The minimum Gasteiger partial charge on any atom is -0.248 e. The van der Waals surface area contributed by atoms with Crippen LogP contribution in [0.2, 0.25) is 0 Å². The van der Waals surface area contributed by atoms with Gasteiger partial charge >= 0.3 is 0 Å². The molecule has 2 heteroatoms. The van der Waals surface area contributed by atoms with Crippen LogP contribution >= 0.6 is 0 Å². The van der Waals surface area contributed by atoms with Crippen molar-refractivity contribution in [3.63, 3.8) is 0 Å². The van der Waals surface area contributed by atoms with E-state index in [2.05, 4.69) is 177 Å². The molecule has 0 radical (unpaired) electrons. The molecule has 2 aliphatic rings. The largest absolute Gasteiger partial charge is 0.248 e. The quantitative estimate of drug-likeness (QED) is 0.0905. The zero-order valence-corrected chi connectivity index (χ0v) is 32.4. The number of aliphatic imine (C=N–C) groups is 1. The van der Waals surface area contributed by atoms with E-state index in [4.69, 9.17) is 9.98 Å². The smallest absolute Gasteiger partial charge is 0.0788 e. The second-order valence-electron chi connectivity index (χ2n) is 15.4. The molecule has 59 heavy (non-hydrogen) atoms. The normalized spacial score (nSPS) is 13.6. The Bertz CT molecular complexity index is 3190. The predicted octanol–water partition coefficient (Wildman–Crippen LogP) is 14.1. The van der Waals surface area contributed by atoms with Crippen LogP contribution in [0.3, 0.4) is 0 Å². The number of fused-ring (bicyclic) bond motifs is 13. The number of hydrogen-bond donors (Lipinski definition) is 0. The molecule has 0 bridgehead atoms. The summed E-state index contributed by atoms with van der Waals surface area (Å²) in [6.07, 6.45) is 3.90. The first-order valence-corrected chi connectivity index (χ1v) is 20.1. The lowest BCUT2D eigenvalue weighted by Gasteiger charge is -2.30. The van der Waals surface area contributed by atoms with Gasteiger partial charge in [0.25, 0.3) is 0 Å². The van der Waals surface area contributed by atoms with Crippen molar-refractivity contribution in [2.75, 3.05) is 0 Å². The number of rotatable bonds is 7. The lowest BCUT2D eigenvalue weighted by atomic mass is 9.70. The van der Waals surface area contributed by atoms with Crippen molar-refractivity contribution >= 4 is 38.7 Å². The number of nitrogens with zero attached hydrogens (tertiary/aromatic N) is 2. The molecule has 276 valence electrons. The van der Waals surface area contributed by atoms with Crippen LogP contribution in [0.1, 0.15) is 38.9 Å². The summed E-state index contributed by atoms with van der Waals surface area (Å²) in [5, 5.41) is 3.45. The highest BCUT2D eigenvalue weighted by Gasteiger charge is 2.51. The topological polar surface area (TPSA) is 25.2 Å². The first-order valence-electron chi connectivity index (χ1n) is 20.1. The van der Waals surface area contributed by atoms with Crippen LogP contribution in [0.5, 0.6) is 0 Å². The van der Waals surface area contributed by atoms with Crippen molar-refractivity contribution in [1.82, 2.24) is 4.98 Å². The summed E-state index contributed by atoms with van der Waals surface area (Å²) in [6, 6.07) is 69.5. The monoisotopic (exact) mass is 750 g/mol. The second-order valence-corrected chi connectivity index (χ2v) is 15.4. The van der Waals surface area contributed by atoms with Gasteiger partial charge in [0, 0.05) is 27.5 Å². The van der Waals surface area contributed by atoms with Crippen LogP contribution in [-0.2, 0) is 5.41 Å². The molecule has 0 amide bonds. The zero-order valence-electron chi connectivity index (χ0n) is 32.4. The van der Waals surface area contributed by atoms with Gasteiger partial charge in [0.15, 0.2) is 0 Å². The molecule has 1 spiro atoms. The third-order valence-corrected chi connectivity index (χ3v) is 12.2. The summed E-state index contributed by atoms with van der Waals surface area (Å²) in [7, 11) is 0. The fourth-order valence-corrected chi connectivity index (χ4v) is 9.63. The number of hydrogen-bond acceptors (Lipinski definition) is 2. The van der Waals surface area contributed by atoms with Gasteiger partial charge in [0.05, 0.1) is 28.0 Å². The third-order valence-electron chi connectivity index (χ3n) is 12.2. The average molecular weight is 751 g/mol. The Balaban J connectivity index is 1.13. The summed E-state index contributed by atoms with van der Waals surface area (Å²) < 4.78 is 0. The van der Waals surface area contributed by atoms with Crippen molar-refractivity contribution in [2.45, 2.75) is 5.41 Å². The van der Waals surface area contributed by atoms with E-state index in [1.165, 1.54) is 49.9 Å². The highest BCUT2D eigenvalue weighted by Crippen LogP contribution is 2.63. The van der Waals surface area contributed by atoms with Crippen LogP contribution < -0.4 is 0 Å². The maximum atomic E-state index is 5.47. The molecule has 9 aromatic rings. The van der Waals surface area contributed by atoms with Gasteiger partial charge in [-0.1, -0.05) is 183 Å². The molecule has 11 rings (SSSR count). The number of benzene rings is 8. The number of pyridine rings is 1. The number of allylic oxidation sites excluding steroid dienone is 3. The Morgan fingerprint density at radius 2 is 1.03 bits per heavy atom. The molecule has 1 heterocycles. The van der Waals surface area contributed by atoms with Crippen LogP contribution in [0.4, 0.5) is 0 Å². The predicted molar refractivity (Wildman–Crippen MR) is 248 cm³/mol. The fourth-order valence-electron chi connectivity index (χ4n) is 9.63. The standard InChI is InChI=1S/C57H38N2/c1-3-53(58-55(39-21-8-5-9-22-39)33-37(2)38-19-6-4-7-20-38)40-23-18-24-41(34-40)56-48-36-52-47(35-46(48)45-28-13-17-32-54(45)59-56)44-27-12-16-31-51(44)57(52)49-29-14-10-25-42(49)43-26-11-15-30-50(43)57/h3-36H,1-2H2/b55-33-,58-53+. The molecule has 0 saturated heterocycles. The second kappa shape index (κ2) is 13.8. The van der Waals surface area contributed by atoms with Gasteiger partial charge in [-0.15, -0.1) is 0 Å². The first-order chi connectivity index (χ1) is 29.1. The Kier molecular flexibility index (Phi) is 8.06. The molecule has 0 unspecified atom stereocenters. The molecule has 2 aliphatic carbocycles. The average Bonchev–Trinajstić information content (AvgIpc) is 3.77. The van der Waals surface area contributed by atoms with E-state index in [9.17, 15) is 0 Å². The van der Waals surface area contributed by atoms with E-state index in [1.54, 1.807) is 0 Å². The summed E-state index contributed by atoms with van der Waals surface area (Å²) in [5.41, 5.74) is 18.4. The third kappa shape index (κ3) is 5.34. The molecular weight excluding hydrogens is 713 g/mol. The van der Waals surface area contributed by atoms with Crippen molar-refractivity contribution < 1.29 is 0 Å². The van der Waals surface area contributed by atoms with Gasteiger partial charge in [0.1, 0.15) is 0 Å². The maximum absolute atomic E-state index is 5.47. The van der Waals surface area contributed by atoms with E-state index in [0.717, 1.165) is 61.2 Å². The van der Waals surface area contributed by atoms with Crippen molar-refractivity contribution in [3.8, 4) is 33.5 Å².